The molecule has 2 N–H and O–H groups in total. The summed E-state index contributed by atoms with van der Waals surface area (Å²) in [7, 11) is 0. The van der Waals surface area contributed by atoms with Crippen LogP contribution in [-0.4, -0.2) is 13.1 Å². The van der Waals surface area contributed by atoms with Gasteiger partial charge in [-0.1, -0.05) is 6.08 Å². The maximum absolute atomic E-state index is 2.99. The molecule has 2 radical (unpaired) electrons. The standard InChI is InChI=1S/C5H8N2/c1-2-6-4-5-7-3-1/h1-2,6-7H,3-4H2. The van der Waals surface area contributed by atoms with Crippen LogP contribution < -0.4 is 10.6 Å². The Bertz CT molecular complexity index is 60.5. The summed E-state index contributed by atoms with van der Waals surface area (Å²) in [5, 5.41) is 5.94. The Morgan fingerprint density at radius 2 is 2.57 bits per heavy atom. The summed E-state index contributed by atoms with van der Waals surface area (Å²) in [5.41, 5.74) is 0. The first-order valence-electron chi connectivity index (χ1n) is 2.34. The van der Waals surface area contributed by atoms with E-state index in [4.69, 9.17) is 0 Å². The molecule has 7 heavy (non-hydrogen) atoms. The molecule has 0 aliphatic carbocycles. The van der Waals surface area contributed by atoms with Gasteiger partial charge in [-0.3, -0.25) is 0 Å². The highest BCUT2D eigenvalue weighted by Gasteiger charge is 1.86. The fourth-order valence-corrected chi connectivity index (χ4v) is 0.446. The fourth-order valence-electron chi connectivity index (χ4n) is 0.446. The summed E-state index contributed by atoms with van der Waals surface area (Å²) in [6.45, 7) is 4.62. The minimum absolute atomic E-state index is 0.802. The van der Waals surface area contributed by atoms with E-state index in [0.29, 0.717) is 0 Å². The maximum atomic E-state index is 2.99. The first-order chi connectivity index (χ1) is 3.50. The van der Waals surface area contributed by atoms with Gasteiger partial charge in [0.25, 0.3) is 0 Å². The molecule has 1 aliphatic rings. The Labute approximate surface area is 43.6 Å². The lowest BCUT2D eigenvalue weighted by atomic mass is 10.6. The highest BCUT2D eigenvalue weighted by molar-refractivity contribution is 4.88. The predicted octanol–water partition coefficient (Wildman–Crippen LogP) is -0.268. The lowest BCUT2D eigenvalue weighted by Crippen LogP contribution is -2.14. The van der Waals surface area contributed by atoms with Crippen LogP contribution in [-0.2, 0) is 0 Å². The van der Waals surface area contributed by atoms with Crippen molar-refractivity contribution in [2.45, 2.75) is 0 Å². The highest BCUT2D eigenvalue weighted by Crippen LogP contribution is 1.74. The van der Waals surface area contributed by atoms with E-state index in [1.165, 1.54) is 0 Å². The van der Waals surface area contributed by atoms with Crippen LogP contribution in [0.4, 0.5) is 0 Å². The summed E-state index contributed by atoms with van der Waals surface area (Å²) in [6.07, 6.45) is 3.94. The smallest absolute Gasteiger partial charge is 0.0799 e. The van der Waals surface area contributed by atoms with Crippen molar-refractivity contribution in [1.29, 1.82) is 0 Å². The van der Waals surface area contributed by atoms with E-state index in [2.05, 4.69) is 17.2 Å². The first kappa shape index (κ1) is 4.65. The third-order valence-corrected chi connectivity index (χ3v) is 0.771. The van der Waals surface area contributed by atoms with E-state index in [1.54, 1.807) is 0 Å². The van der Waals surface area contributed by atoms with Crippen LogP contribution in [0.5, 0.6) is 0 Å². The molecular formula is C5H8N2. The van der Waals surface area contributed by atoms with E-state index in [-0.39, 0.29) is 0 Å². The molecule has 0 aromatic carbocycles. The molecule has 1 heterocycles. The second-order valence-corrected chi connectivity index (χ2v) is 1.34. The largest absolute Gasteiger partial charge is 0.389 e. The molecule has 2 nitrogen and oxygen atoms in total. The van der Waals surface area contributed by atoms with Gasteiger partial charge in [0.2, 0.25) is 0 Å². The van der Waals surface area contributed by atoms with Crippen molar-refractivity contribution in [2.24, 2.45) is 0 Å². The van der Waals surface area contributed by atoms with Gasteiger partial charge in [-0.05, 0) is 6.20 Å². The average molecular weight is 96.1 g/mol. The number of hydrogen-bond donors (Lipinski definition) is 2. The maximum Gasteiger partial charge on any atom is 0.0799 e. The van der Waals surface area contributed by atoms with Crippen molar-refractivity contribution in [3.8, 4) is 0 Å². The van der Waals surface area contributed by atoms with Crippen LogP contribution in [0, 0.1) is 6.54 Å². The van der Waals surface area contributed by atoms with Gasteiger partial charge in [0.1, 0.15) is 0 Å². The van der Waals surface area contributed by atoms with Gasteiger partial charge in [-0.15, -0.1) is 0 Å². The lowest BCUT2D eigenvalue weighted by molar-refractivity contribution is 0.832. The van der Waals surface area contributed by atoms with Crippen molar-refractivity contribution < 1.29 is 0 Å². The van der Waals surface area contributed by atoms with Gasteiger partial charge >= 0.3 is 0 Å². The van der Waals surface area contributed by atoms with Gasteiger partial charge in [0.05, 0.1) is 6.54 Å². The first-order valence-corrected chi connectivity index (χ1v) is 2.34. The van der Waals surface area contributed by atoms with Crippen LogP contribution in [0.15, 0.2) is 12.3 Å². The third-order valence-electron chi connectivity index (χ3n) is 0.771. The quantitative estimate of drug-likeness (QED) is 0.434. The molecule has 0 bridgehead atoms. The summed E-state index contributed by atoms with van der Waals surface area (Å²) in [4.78, 5) is 0. The van der Waals surface area contributed by atoms with Gasteiger partial charge < -0.3 is 10.6 Å². The van der Waals surface area contributed by atoms with Crippen LogP contribution in [0.1, 0.15) is 0 Å². The average Bonchev–Trinajstić information content (AvgIpc) is 1.90. The molecule has 0 spiro atoms. The fraction of sp³-hybridized carbons (Fsp3) is 0.400. The Morgan fingerprint density at radius 1 is 1.57 bits per heavy atom. The monoisotopic (exact) mass is 96.1 g/mol. The molecule has 0 aromatic heterocycles. The molecule has 0 saturated heterocycles. The zero-order chi connectivity index (χ0) is 4.95. The topological polar surface area (TPSA) is 24.1 Å². The Balaban J connectivity index is 2.20. The molecular weight excluding hydrogens is 88.1 g/mol. The van der Waals surface area contributed by atoms with Crippen molar-refractivity contribution in [3.05, 3.63) is 18.8 Å². The molecule has 0 fully saturated rings. The van der Waals surface area contributed by atoms with Gasteiger partial charge in [0, 0.05) is 13.1 Å². The molecule has 0 aromatic rings. The van der Waals surface area contributed by atoms with Gasteiger partial charge in [0.15, 0.2) is 0 Å². The van der Waals surface area contributed by atoms with E-state index >= 15 is 0 Å². The SMILES string of the molecule is [C]1CNC=CCN1. The van der Waals surface area contributed by atoms with Gasteiger partial charge in [-0.2, -0.15) is 0 Å². The molecule has 0 atom stereocenters. The van der Waals surface area contributed by atoms with Crippen LogP contribution >= 0.6 is 0 Å². The number of rotatable bonds is 0. The summed E-state index contributed by atoms with van der Waals surface area (Å²) >= 11 is 0. The van der Waals surface area contributed by atoms with E-state index in [1.807, 2.05) is 12.3 Å². The number of nitrogens with one attached hydrogen (secondary N) is 2. The van der Waals surface area contributed by atoms with Crippen LogP contribution in [0.3, 0.4) is 0 Å². The van der Waals surface area contributed by atoms with E-state index in [0.717, 1.165) is 13.1 Å². The zero-order valence-corrected chi connectivity index (χ0v) is 4.07. The highest BCUT2D eigenvalue weighted by atomic mass is 14.9. The van der Waals surface area contributed by atoms with Crippen LogP contribution in [0.2, 0.25) is 0 Å². The molecule has 1 aliphatic heterocycles. The van der Waals surface area contributed by atoms with E-state index in [9.17, 15) is 0 Å². The minimum Gasteiger partial charge on any atom is -0.389 e. The van der Waals surface area contributed by atoms with Crippen LogP contribution in [0.25, 0.3) is 0 Å². The number of hydrogen-bond acceptors (Lipinski definition) is 2. The zero-order valence-electron chi connectivity index (χ0n) is 4.07. The second kappa shape index (κ2) is 2.64. The molecule has 38 valence electrons. The second-order valence-electron chi connectivity index (χ2n) is 1.34. The predicted molar refractivity (Wildman–Crippen MR) is 28.4 cm³/mol. The lowest BCUT2D eigenvalue weighted by Gasteiger charge is -1.91. The normalized spacial score (nSPS) is 20.6. The van der Waals surface area contributed by atoms with E-state index < -0.39 is 0 Å². The Kier molecular flexibility index (Phi) is 1.75. The summed E-state index contributed by atoms with van der Waals surface area (Å²) < 4.78 is 0. The summed E-state index contributed by atoms with van der Waals surface area (Å²) in [5.74, 6) is 0. The third kappa shape index (κ3) is 1.59. The Morgan fingerprint density at radius 3 is 3.57 bits per heavy atom. The molecule has 0 amide bonds. The molecule has 1 rings (SSSR count). The Hall–Kier alpha value is -0.500. The van der Waals surface area contributed by atoms with Crippen molar-refractivity contribution in [3.63, 3.8) is 0 Å². The summed E-state index contributed by atoms with van der Waals surface area (Å²) in [6, 6.07) is 0. The molecule has 2 heteroatoms. The van der Waals surface area contributed by atoms with Crippen molar-refractivity contribution >= 4 is 0 Å². The minimum atomic E-state index is 0.802. The van der Waals surface area contributed by atoms with Crippen molar-refractivity contribution in [1.82, 2.24) is 10.6 Å². The molecule has 0 unspecified atom stereocenters. The van der Waals surface area contributed by atoms with Gasteiger partial charge in [-0.25, -0.2) is 0 Å². The van der Waals surface area contributed by atoms with Crippen molar-refractivity contribution in [2.75, 3.05) is 13.1 Å². The molecule has 0 saturated carbocycles.